The average Bonchev–Trinajstić information content (AvgIpc) is 3.41. The van der Waals surface area contributed by atoms with E-state index >= 15 is 0 Å². The van der Waals surface area contributed by atoms with Crippen LogP contribution < -0.4 is 0 Å². The summed E-state index contributed by atoms with van der Waals surface area (Å²) in [4.78, 5) is 5.05. The molecule has 5 aromatic carbocycles. The van der Waals surface area contributed by atoms with Crippen LogP contribution in [0, 0.1) is 6.92 Å². The third-order valence-electron chi connectivity index (χ3n) is 6.43. The van der Waals surface area contributed by atoms with Crippen molar-refractivity contribution in [1.29, 1.82) is 0 Å². The molecule has 0 fully saturated rings. The van der Waals surface area contributed by atoms with E-state index in [1.165, 1.54) is 16.3 Å². The summed E-state index contributed by atoms with van der Waals surface area (Å²) in [5, 5.41) is 4.65. The van der Waals surface area contributed by atoms with Gasteiger partial charge in [-0.2, -0.15) is 0 Å². The molecule has 2 aromatic heterocycles. The Kier molecular flexibility index (Phi) is 3.76. The molecule has 3 nitrogen and oxygen atoms in total. The van der Waals surface area contributed by atoms with Crippen LogP contribution in [0.25, 0.3) is 60.8 Å². The van der Waals surface area contributed by atoms with Crippen LogP contribution in [0.1, 0.15) is 5.56 Å². The van der Waals surface area contributed by atoms with Crippen LogP contribution in [0.5, 0.6) is 0 Å². The van der Waals surface area contributed by atoms with Gasteiger partial charge in [-0.05, 0) is 60.2 Å². The van der Waals surface area contributed by atoms with E-state index in [1.54, 1.807) is 0 Å². The zero-order chi connectivity index (χ0) is 21.9. The molecule has 0 radical (unpaired) electrons. The number of hydrogen-bond acceptors (Lipinski definition) is 2. The van der Waals surface area contributed by atoms with Gasteiger partial charge in [0.15, 0.2) is 0 Å². The predicted octanol–water partition coefficient (Wildman–Crippen LogP) is 8.05. The Labute approximate surface area is 190 Å². The molecule has 33 heavy (non-hydrogen) atoms. The Morgan fingerprint density at radius 3 is 2.45 bits per heavy atom. The van der Waals surface area contributed by atoms with Crippen molar-refractivity contribution in [2.75, 3.05) is 0 Å². The number of aromatic nitrogens is 2. The van der Waals surface area contributed by atoms with Crippen LogP contribution in [0.4, 0.5) is 0 Å². The number of rotatable bonds is 2. The second kappa shape index (κ2) is 6.81. The van der Waals surface area contributed by atoms with Crippen LogP contribution in [0.15, 0.2) is 108 Å². The topological polar surface area (TPSA) is 31.0 Å². The summed E-state index contributed by atoms with van der Waals surface area (Å²) in [6.07, 6.45) is 0. The largest absolute Gasteiger partial charge is 0.455 e. The maximum atomic E-state index is 6.52. The first-order valence-corrected chi connectivity index (χ1v) is 11.2. The molecule has 0 atom stereocenters. The highest BCUT2D eigenvalue weighted by molar-refractivity contribution is 6.13. The fraction of sp³-hybridized carbons (Fsp3) is 0.0333. The molecule has 2 heterocycles. The van der Waals surface area contributed by atoms with Gasteiger partial charge in [0.2, 0.25) is 0 Å². The fourth-order valence-electron chi connectivity index (χ4n) is 4.88. The van der Waals surface area contributed by atoms with Crippen molar-refractivity contribution < 1.29 is 4.42 Å². The lowest BCUT2D eigenvalue weighted by molar-refractivity contribution is 0.670. The van der Waals surface area contributed by atoms with Crippen molar-refractivity contribution in [2.45, 2.75) is 6.92 Å². The molecular formula is C30H20N2O. The number of para-hydroxylation sites is 4. The highest BCUT2D eigenvalue weighted by Gasteiger charge is 2.19. The van der Waals surface area contributed by atoms with Crippen molar-refractivity contribution in [3.05, 3.63) is 109 Å². The third kappa shape index (κ3) is 2.72. The van der Waals surface area contributed by atoms with E-state index < -0.39 is 0 Å². The van der Waals surface area contributed by atoms with E-state index in [1.807, 2.05) is 12.1 Å². The number of benzene rings is 5. The van der Waals surface area contributed by atoms with E-state index in [0.717, 1.165) is 50.0 Å². The van der Waals surface area contributed by atoms with Gasteiger partial charge in [-0.1, -0.05) is 66.2 Å². The van der Waals surface area contributed by atoms with Crippen LogP contribution in [-0.4, -0.2) is 9.55 Å². The highest BCUT2D eigenvalue weighted by Crippen LogP contribution is 2.39. The molecule has 0 bridgehead atoms. The van der Waals surface area contributed by atoms with E-state index in [9.17, 15) is 0 Å². The molecule has 0 saturated heterocycles. The van der Waals surface area contributed by atoms with Crippen molar-refractivity contribution in [1.82, 2.24) is 9.55 Å². The average molecular weight is 425 g/mol. The number of nitrogens with zero attached hydrogens (tertiary/aromatic N) is 2. The van der Waals surface area contributed by atoms with Gasteiger partial charge in [0.1, 0.15) is 17.0 Å². The number of imidazole rings is 1. The standard InChI is InChI=1S/C30H20N2O/c1-19-14-15-20-17-25-23-10-7-11-24(29(23)33-28(25)18-21(20)16-19)30-31-26-12-5-6-13-27(26)32(30)22-8-3-2-4-9-22/h2-18H,1H3. The molecule has 7 rings (SSSR count). The molecule has 0 saturated carbocycles. The van der Waals surface area contributed by atoms with Gasteiger partial charge in [-0.25, -0.2) is 4.98 Å². The van der Waals surface area contributed by atoms with Crippen molar-refractivity contribution >= 4 is 43.7 Å². The Morgan fingerprint density at radius 2 is 1.55 bits per heavy atom. The highest BCUT2D eigenvalue weighted by atomic mass is 16.3. The molecular weight excluding hydrogens is 404 g/mol. The van der Waals surface area contributed by atoms with Crippen molar-refractivity contribution in [3.63, 3.8) is 0 Å². The molecule has 0 N–H and O–H groups in total. The van der Waals surface area contributed by atoms with Crippen molar-refractivity contribution in [3.8, 4) is 17.1 Å². The van der Waals surface area contributed by atoms with Gasteiger partial charge in [0.25, 0.3) is 0 Å². The first-order chi connectivity index (χ1) is 16.3. The van der Waals surface area contributed by atoms with E-state index in [0.29, 0.717) is 0 Å². The Bertz CT molecular complexity index is 1820. The van der Waals surface area contributed by atoms with Crippen molar-refractivity contribution in [2.24, 2.45) is 0 Å². The smallest absolute Gasteiger partial charge is 0.149 e. The summed E-state index contributed by atoms with van der Waals surface area (Å²) in [5.41, 5.74) is 7.12. The van der Waals surface area contributed by atoms with Gasteiger partial charge in [-0.3, -0.25) is 4.57 Å². The molecule has 0 spiro atoms. The summed E-state index contributed by atoms with van der Waals surface area (Å²) in [6, 6.07) is 35.9. The summed E-state index contributed by atoms with van der Waals surface area (Å²) in [7, 11) is 0. The second-order valence-electron chi connectivity index (χ2n) is 8.58. The zero-order valence-corrected chi connectivity index (χ0v) is 18.1. The van der Waals surface area contributed by atoms with Crippen LogP contribution in [0.2, 0.25) is 0 Å². The Morgan fingerprint density at radius 1 is 0.697 bits per heavy atom. The van der Waals surface area contributed by atoms with Crippen LogP contribution in [0.3, 0.4) is 0 Å². The fourth-order valence-corrected chi connectivity index (χ4v) is 4.88. The van der Waals surface area contributed by atoms with Gasteiger partial charge in [-0.15, -0.1) is 0 Å². The first kappa shape index (κ1) is 18.2. The third-order valence-corrected chi connectivity index (χ3v) is 6.43. The number of aryl methyl sites for hydroxylation is 1. The van der Waals surface area contributed by atoms with Gasteiger partial charge >= 0.3 is 0 Å². The SMILES string of the molecule is Cc1ccc2cc3c(cc2c1)oc1c(-c2nc4ccccc4n2-c2ccccc2)cccc13. The maximum absolute atomic E-state index is 6.52. The second-order valence-corrected chi connectivity index (χ2v) is 8.58. The number of hydrogen-bond donors (Lipinski definition) is 0. The minimum absolute atomic E-state index is 0.868. The predicted molar refractivity (Wildman–Crippen MR) is 136 cm³/mol. The van der Waals surface area contributed by atoms with Crippen LogP contribution >= 0.6 is 0 Å². The van der Waals surface area contributed by atoms with Gasteiger partial charge < -0.3 is 4.42 Å². The molecule has 0 amide bonds. The monoisotopic (exact) mass is 424 g/mol. The quantitative estimate of drug-likeness (QED) is 0.281. The zero-order valence-electron chi connectivity index (χ0n) is 18.1. The molecule has 0 aliphatic rings. The summed E-state index contributed by atoms with van der Waals surface area (Å²) >= 11 is 0. The van der Waals surface area contributed by atoms with E-state index in [2.05, 4.69) is 102 Å². The minimum Gasteiger partial charge on any atom is -0.455 e. The first-order valence-electron chi connectivity index (χ1n) is 11.2. The summed E-state index contributed by atoms with van der Waals surface area (Å²) in [5.74, 6) is 0.882. The molecule has 7 aromatic rings. The molecule has 156 valence electrons. The van der Waals surface area contributed by atoms with Gasteiger partial charge in [0, 0.05) is 16.5 Å². The van der Waals surface area contributed by atoms with Crippen LogP contribution in [-0.2, 0) is 0 Å². The summed E-state index contributed by atoms with van der Waals surface area (Å²) in [6.45, 7) is 2.12. The Hall–Kier alpha value is -4.37. The lowest BCUT2D eigenvalue weighted by Gasteiger charge is -2.09. The molecule has 3 heteroatoms. The summed E-state index contributed by atoms with van der Waals surface area (Å²) < 4.78 is 8.74. The lowest BCUT2D eigenvalue weighted by atomic mass is 10.0. The minimum atomic E-state index is 0.868. The molecule has 0 aliphatic heterocycles. The number of fused-ring (bicyclic) bond motifs is 5. The Balaban J connectivity index is 1.57. The lowest BCUT2D eigenvalue weighted by Crippen LogP contribution is -1.97. The normalized spacial score (nSPS) is 11.8. The molecule has 0 aliphatic carbocycles. The number of furan rings is 1. The van der Waals surface area contributed by atoms with E-state index in [-0.39, 0.29) is 0 Å². The van der Waals surface area contributed by atoms with E-state index in [4.69, 9.17) is 9.40 Å². The van der Waals surface area contributed by atoms with Gasteiger partial charge in [0.05, 0.1) is 16.6 Å². The molecule has 0 unspecified atom stereocenters. The maximum Gasteiger partial charge on any atom is 0.149 e.